The van der Waals surface area contributed by atoms with E-state index >= 15 is 0 Å². The number of halogens is 2. The first kappa shape index (κ1) is 16.6. The highest BCUT2D eigenvalue weighted by Crippen LogP contribution is 2.18. The van der Waals surface area contributed by atoms with Gasteiger partial charge in [0.05, 0.1) is 10.6 Å². The molecule has 0 saturated heterocycles. The number of carbonyl (C=O) groups excluding carboxylic acids is 2. The molecule has 3 N–H and O–H groups in total. The quantitative estimate of drug-likeness (QED) is 0.699. The number of rotatable bonds is 5. The van der Waals surface area contributed by atoms with Crippen molar-refractivity contribution < 1.29 is 14.0 Å². The van der Waals surface area contributed by atoms with E-state index in [0.29, 0.717) is 0 Å². The van der Waals surface area contributed by atoms with Crippen LogP contribution in [0.3, 0.4) is 0 Å². The van der Waals surface area contributed by atoms with Gasteiger partial charge in [0.1, 0.15) is 11.5 Å². The van der Waals surface area contributed by atoms with Gasteiger partial charge in [0.2, 0.25) is 0 Å². The number of carbonyl (C=O) groups is 2. The van der Waals surface area contributed by atoms with Crippen molar-refractivity contribution >= 4 is 23.4 Å². The predicted octanol–water partition coefficient (Wildman–Crippen LogP) is 0.722. The highest BCUT2D eigenvalue weighted by Gasteiger charge is 2.15. The molecule has 0 fully saturated rings. The third-order valence-corrected chi connectivity index (χ3v) is 3.11. The topological polar surface area (TPSA) is 104 Å². The van der Waals surface area contributed by atoms with Gasteiger partial charge in [-0.1, -0.05) is 17.7 Å². The van der Waals surface area contributed by atoms with Crippen molar-refractivity contribution in [1.82, 2.24) is 20.8 Å². The molecule has 0 radical (unpaired) electrons. The zero-order valence-corrected chi connectivity index (χ0v) is 12.5. The molecule has 0 bridgehead atoms. The summed E-state index contributed by atoms with van der Waals surface area (Å²) in [4.78, 5) is 34.4. The van der Waals surface area contributed by atoms with E-state index in [2.05, 4.69) is 20.8 Å². The van der Waals surface area contributed by atoms with Crippen molar-refractivity contribution in [3.63, 3.8) is 0 Å². The van der Waals surface area contributed by atoms with Gasteiger partial charge in [-0.05, 0) is 18.2 Å². The second-order valence-electron chi connectivity index (χ2n) is 4.41. The van der Waals surface area contributed by atoms with Crippen LogP contribution in [0.5, 0.6) is 0 Å². The SMILES string of the molecule is O=C(NCCNC(=O)c1c(F)cccc1Cl)c1ccc(=O)[nH]n1. The number of nitrogens with zero attached hydrogens (tertiary/aromatic N) is 1. The molecular weight excluding hydrogens is 327 g/mol. The number of aromatic nitrogens is 2. The maximum absolute atomic E-state index is 13.5. The fraction of sp³-hybridized carbons (Fsp3) is 0.143. The summed E-state index contributed by atoms with van der Waals surface area (Å²) in [6.45, 7) is 0.163. The van der Waals surface area contributed by atoms with Crippen LogP contribution >= 0.6 is 11.6 Å². The lowest BCUT2D eigenvalue weighted by Crippen LogP contribution is -2.35. The number of hydrogen-bond acceptors (Lipinski definition) is 4. The molecule has 2 rings (SSSR count). The van der Waals surface area contributed by atoms with E-state index in [9.17, 15) is 18.8 Å². The zero-order valence-electron chi connectivity index (χ0n) is 11.7. The van der Waals surface area contributed by atoms with Crippen LogP contribution in [0.2, 0.25) is 5.02 Å². The Balaban J connectivity index is 1.83. The van der Waals surface area contributed by atoms with Gasteiger partial charge in [-0.25, -0.2) is 9.49 Å². The summed E-state index contributed by atoms with van der Waals surface area (Å²) in [5.41, 5.74) is -0.633. The van der Waals surface area contributed by atoms with Gasteiger partial charge in [-0.15, -0.1) is 0 Å². The molecule has 0 saturated carbocycles. The average molecular weight is 339 g/mol. The maximum atomic E-state index is 13.5. The summed E-state index contributed by atoms with van der Waals surface area (Å²) < 4.78 is 13.5. The molecule has 0 aliphatic carbocycles. The Morgan fingerprint density at radius 2 is 1.83 bits per heavy atom. The summed E-state index contributed by atoms with van der Waals surface area (Å²) in [6.07, 6.45) is 0. The van der Waals surface area contributed by atoms with Crippen LogP contribution in [0.1, 0.15) is 20.8 Å². The first-order valence-electron chi connectivity index (χ1n) is 6.55. The molecule has 9 heteroatoms. The van der Waals surface area contributed by atoms with Crippen LogP contribution < -0.4 is 16.2 Å². The Kier molecular flexibility index (Phi) is 5.42. The maximum Gasteiger partial charge on any atom is 0.271 e. The molecular formula is C14H12ClFN4O3. The number of benzene rings is 1. The summed E-state index contributed by atoms with van der Waals surface area (Å²) in [5, 5.41) is 10.6. The fourth-order valence-corrected chi connectivity index (χ4v) is 1.97. The normalized spacial score (nSPS) is 10.2. The van der Waals surface area contributed by atoms with Crippen molar-refractivity contribution in [3.8, 4) is 0 Å². The summed E-state index contributed by atoms with van der Waals surface area (Å²) in [5.74, 6) is -1.92. The van der Waals surface area contributed by atoms with Crippen molar-refractivity contribution in [3.05, 3.63) is 62.8 Å². The zero-order chi connectivity index (χ0) is 16.8. The number of aromatic amines is 1. The number of amides is 2. The molecule has 0 spiro atoms. The van der Waals surface area contributed by atoms with Crippen LogP contribution in [-0.2, 0) is 0 Å². The van der Waals surface area contributed by atoms with E-state index in [1.165, 1.54) is 24.3 Å². The van der Waals surface area contributed by atoms with Crippen LogP contribution in [0.15, 0.2) is 35.1 Å². The third kappa shape index (κ3) is 4.36. The predicted molar refractivity (Wildman–Crippen MR) is 80.9 cm³/mol. The second-order valence-corrected chi connectivity index (χ2v) is 4.82. The van der Waals surface area contributed by atoms with Crippen molar-refractivity contribution in [1.29, 1.82) is 0 Å². The minimum absolute atomic E-state index is 0.00368. The number of H-pyrrole nitrogens is 1. The largest absolute Gasteiger partial charge is 0.350 e. The van der Waals surface area contributed by atoms with Crippen LogP contribution in [0.4, 0.5) is 4.39 Å². The summed E-state index contributed by atoms with van der Waals surface area (Å²) in [7, 11) is 0. The Bertz CT molecular complexity index is 753. The van der Waals surface area contributed by atoms with Gasteiger partial charge in [-0.2, -0.15) is 5.10 Å². The monoisotopic (exact) mass is 338 g/mol. The van der Waals surface area contributed by atoms with Crippen molar-refractivity contribution in [2.45, 2.75) is 0 Å². The van der Waals surface area contributed by atoms with E-state index in [4.69, 9.17) is 11.6 Å². The summed E-state index contributed by atoms with van der Waals surface area (Å²) >= 11 is 5.77. The second kappa shape index (κ2) is 7.50. The lowest BCUT2D eigenvalue weighted by molar-refractivity contribution is 0.0922. The first-order chi connectivity index (χ1) is 11.0. The molecule has 0 atom stereocenters. The molecule has 2 aromatic rings. The van der Waals surface area contributed by atoms with Gasteiger partial charge in [-0.3, -0.25) is 14.4 Å². The first-order valence-corrected chi connectivity index (χ1v) is 6.93. The minimum atomic E-state index is -0.725. The molecule has 1 aromatic carbocycles. The van der Waals surface area contributed by atoms with Crippen molar-refractivity contribution in [2.75, 3.05) is 13.1 Å². The van der Waals surface area contributed by atoms with Gasteiger partial charge in [0.15, 0.2) is 0 Å². The molecule has 0 aliphatic rings. The van der Waals surface area contributed by atoms with E-state index in [-0.39, 0.29) is 29.4 Å². The molecule has 1 heterocycles. The highest BCUT2D eigenvalue weighted by molar-refractivity contribution is 6.33. The molecule has 7 nitrogen and oxygen atoms in total. The lowest BCUT2D eigenvalue weighted by atomic mass is 10.2. The Hall–Kier alpha value is -2.74. The minimum Gasteiger partial charge on any atom is -0.350 e. The van der Waals surface area contributed by atoms with Gasteiger partial charge in [0, 0.05) is 19.2 Å². The molecule has 120 valence electrons. The average Bonchev–Trinajstić information content (AvgIpc) is 2.52. The Morgan fingerprint density at radius 1 is 1.13 bits per heavy atom. The smallest absolute Gasteiger partial charge is 0.271 e. The number of nitrogens with one attached hydrogen (secondary N) is 3. The number of hydrogen-bond donors (Lipinski definition) is 3. The standard InChI is InChI=1S/C14H12ClFN4O3/c15-8-2-1-3-9(16)12(8)14(23)18-7-6-17-13(22)10-4-5-11(21)20-19-10/h1-5H,6-7H2,(H,17,22)(H,18,23)(H,20,21). The fourth-order valence-electron chi connectivity index (χ4n) is 1.72. The molecule has 0 aliphatic heterocycles. The highest BCUT2D eigenvalue weighted by atomic mass is 35.5. The van der Waals surface area contributed by atoms with E-state index in [1.807, 2.05) is 0 Å². The molecule has 2 amide bonds. The van der Waals surface area contributed by atoms with E-state index in [0.717, 1.165) is 6.07 Å². The van der Waals surface area contributed by atoms with Crippen LogP contribution in [0.25, 0.3) is 0 Å². The van der Waals surface area contributed by atoms with Crippen LogP contribution in [-0.4, -0.2) is 35.1 Å². The Labute approximate surface area is 134 Å². The van der Waals surface area contributed by atoms with Gasteiger partial charge >= 0.3 is 0 Å². The Morgan fingerprint density at radius 3 is 2.43 bits per heavy atom. The lowest BCUT2D eigenvalue weighted by Gasteiger charge is -2.08. The van der Waals surface area contributed by atoms with E-state index in [1.54, 1.807) is 0 Å². The molecule has 1 aromatic heterocycles. The van der Waals surface area contributed by atoms with Crippen LogP contribution in [0, 0.1) is 5.82 Å². The van der Waals surface area contributed by atoms with Crippen molar-refractivity contribution in [2.24, 2.45) is 0 Å². The van der Waals surface area contributed by atoms with Gasteiger partial charge in [0.25, 0.3) is 17.4 Å². The van der Waals surface area contributed by atoms with E-state index < -0.39 is 23.2 Å². The molecule has 0 unspecified atom stereocenters. The third-order valence-electron chi connectivity index (χ3n) is 2.80. The van der Waals surface area contributed by atoms with Gasteiger partial charge < -0.3 is 10.6 Å². The molecule has 23 heavy (non-hydrogen) atoms. The summed E-state index contributed by atoms with van der Waals surface area (Å²) in [6, 6.07) is 6.37.